The van der Waals surface area contributed by atoms with Crippen molar-refractivity contribution < 1.29 is 14.3 Å². The van der Waals surface area contributed by atoms with Gasteiger partial charge in [0, 0.05) is 26.6 Å². The summed E-state index contributed by atoms with van der Waals surface area (Å²) in [5, 5.41) is 0. The van der Waals surface area contributed by atoms with Crippen LogP contribution in [0.3, 0.4) is 0 Å². The fourth-order valence-electron chi connectivity index (χ4n) is 2.52. The Morgan fingerprint density at radius 1 is 1.32 bits per heavy atom. The van der Waals surface area contributed by atoms with Gasteiger partial charge in [0.15, 0.2) is 0 Å². The molecule has 1 heterocycles. The highest BCUT2D eigenvalue weighted by atomic mass is 16.5. The van der Waals surface area contributed by atoms with Gasteiger partial charge in [-0.2, -0.15) is 0 Å². The van der Waals surface area contributed by atoms with Crippen molar-refractivity contribution in [3.63, 3.8) is 0 Å². The number of methoxy groups -OCH3 is 2. The van der Waals surface area contributed by atoms with E-state index >= 15 is 0 Å². The molecule has 0 saturated carbocycles. The van der Waals surface area contributed by atoms with E-state index in [1.807, 2.05) is 0 Å². The molecule has 19 heavy (non-hydrogen) atoms. The highest BCUT2D eigenvalue weighted by Gasteiger charge is 2.37. The summed E-state index contributed by atoms with van der Waals surface area (Å²) in [4.78, 5) is 13.9. The van der Waals surface area contributed by atoms with E-state index in [0.29, 0.717) is 6.42 Å². The second-order valence-electron chi connectivity index (χ2n) is 5.05. The first kappa shape index (κ1) is 14.0. The van der Waals surface area contributed by atoms with Gasteiger partial charge in [0.1, 0.15) is 6.04 Å². The molecule has 4 nitrogen and oxygen atoms in total. The Bertz CT molecular complexity index is 430. The highest BCUT2D eigenvalue weighted by Crippen LogP contribution is 2.23. The maximum Gasteiger partial charge on any atom is 0.323 e. The van der Waals surface area contributed by atoms with Crippen LogP contribution >= 0.6 is 0 Å². The molecule has 1 fully saturated rings. The van der Waals surface area contributed by atoms with Gasteiger partial charge in [-0.1, -0.05) is 29.8 Å². The summed E-state index contributed by atoms with van der Waals surface area (Å²) in [5.74, 6) is -0.174. The fraction of sp³-hybridized carbons (Fsp3) is 0.533. The molecule has 0 N–H and O–H groups in total. The largest absolute Gasteiger partial charge is 0.468 e. The SMILES string of the molecule is COC(=O)[C@H]1C[C@@H](OC)CN1Cc1ccc(C)cc1. The Morgan fingerprint density at radius 2 is 2.00 bits per heavy atom. The Kier molecular flexibility index (Phi) is 4.56. The van der Waals surface area contributed by atoms with Crippen LogP contribution in [-0.2, 0) is 20.8 Å². The van der Waals surface area contributed by atoms with Crippen LogP contribution in [0, 0.1) is 6.92 Å². The molecule has 1 aliphatic heterocycles. The van der Waals surface area contributed by atoms with E-state index in [4.69, 9.17) is 9.47 Å². The first-order valence-corrected chi connectivity index (χ1v) is 6.54. The van der Waals surface area contributed by atoms with Gasteiger partial charge in [-0.05, 0) is 12.5 Å². The van der Waals surface area contributed by atoms with Gasteiger partial charge in [-0.3, -0.25) is 9.69 Å². The number of hydrogen-bond acceptors (Lipinski definition) is 4. The predicted molar refractivity (Wildman–Crippen MR) is 72.8 cm³/mol. The number of aryl methyl sites for hydroxylation is 1. The molecule has 1 saturated heterocycles. The molecule has 0 bridgehead atoms. The summed E-state index contributed by atoms with van der Waals surface area (Å²) in [6, 6.07) is 8.18. The van der Waals surface area contributed by atoms with Crippen LogP contribution in [0.2, 0.25) is 0 Å². The molecule has 104 valence electrons. The average molecular weight is 263 g/mol. The number of likely N-dealkylation sites (tertiary alicyclic amines) is 1. The molecule has 0 aliphatic carbocycles. The van der Waals surface area contributed by atoms with Crippen LogP contribution in [0.5, 0.6) is 0 Å². The molecule has 2 atom stereocenters. The van der Waals surface area contributed by atoms with Gasteiger partial charge >= 0.3 is 5.97 Å². The molecular weight excluding hydrogens is 242 g/mol. The molecule has 1 aromatic rings. The minimum absolute atomic E-state index is 0.106. The monoisotopic (exact) mass is 263 g/mol. The second-order valence-corrected chi connectivity index (χ2v) is 5.05. The Labute approximate surface area is 114 Å². The van der Waals surface area contributed by atoms with Crippen molar-refractivity contribution in [1.82, 2.24) is 4.90 Å². The minimum atomic E-state index is -0.198. The lowest BCUT2D eigenvalue weighted by Gasteiger charge is -2.22. The smallest absolute Gasteiger partial charge is 0.323 e. The summed E-state index contributed by atoms with van der Waals surface area (Å²) in [6.07, 6.45) is 0.809. The summed E-state index contributed by atoms with van der Waals surface area (Å²) in [5.41, 5.74) is 2.45. The lowest BCUT2D eigenvalue weighted by Crippen LogP contribution is -2.36. The Hall–Kier alpha value is -1.39. The number of carbonyl (C=O) groups is 1. The molecule has 0 spiro atoms. The molecule has 0 radical (unpaired) electrons. The van der Waals surface area contributed by atoms with Gasteiger partial charge in [-0.15, -0.1) is 0 Å². The number of rotatable bonds is 4. The zero-order chi connectivity index (χ0) is 13.8. The standard InChI is InChI=1S/C15H21NO3/c1-11-4-6-12(7-5-11)9-16-10-13(18-2)8-14(16)15(17)19-3/h4-7,13-14H,8-10H2,1-3H3/t13-,14-/m1/s1. The van der Waals surface area contributed by atoms with E-state index in [9.17, 15) is 4.79 Å². The van der Waals surface area contributed by atoms with Gasteiger partial charge in [0.25, 0.3) is 0 Å². The third-order valence-electron chi connectivity index (χ3n) is 3.68. The summed E-state index contributed by atoms with van der Waals surface area (Å²) < 4.78 is 10.3. The van der Waals surface area contributed by atoms with Crippen molar-refractivity contribution in [2.45, 2.75) is 32.0 Å². The quantitative estimate of drug-likeness (QED) is 0.776. The van der Waals surface area contributed by atoms with Gasteiger partial charge in [-0.25, -0.2) is 0 Å². The van der Waals surface area contributed by atoms with E-state index in [1.54, 1.807) is 7.11 Å². The Balaban J connectivity index is 2.07. The van der Waals surface area contributed by atoms with Gasteiger partial charge in [0.2, 0.25) is 0 Å². The highest BCUT2D eigenvalue weighted by molar-refractivity contribution is 5.76. The number of esters is 1. The molecule has 1 aliphatic rings. The molecule has 0 amide bonds. The predicted octanol–water partition coefficient (Wildman–Crippen LogP) is 1.76. The molecular formula is C15H21NO3. The van der Waals surface area contributed by atoms with Crippen LogP contribution < -0.4 is 0 Å². The number of nitrogens with zero attached hydrogens (tertiary/aromatic N) is 1. The van der Waals surface area contributed by atoms with E-state index < -0.39 is 0 Å². The maximum absolute atomic E-state index is 11.8. The minimum Gasteiger partial charge on any atom is -0.468 e. The molecule has 0 unspecified atom stereocenters. The number of benzene rings is 1. The van der Waals surface area contributed by atoms with Crippen molar-refractivity contribution in [2.24, 2.45) is 0 Å². The van der Waals surface area contributed by atoms with Crippen molar-refractivity contribution >= 4 is 5.97 Å². The zero-order valence-electron chi connectivity index (χ0n) is 11.8. The first-order valence-electron chi connectivity index (χ1n) is 6.54. The normalized spacial score (nSPS) is 23.5. The molecule has 4 heteroatoms. The van der Waals surface area contributed by atoms with E-state index in [-0.39, 0.29) is 18.1 Å². The lowest BCUT2D eigenvalue weighted by atomic mass is 10.1. The fourth-order valence-corrected chi connectivity index (χ4v) is 2.52. The summed E-state index contributed by atoms with van der Waals surface area (Å²) in [7, 11) is 3.13. The molecule has 1 aromatic carbocycles. The van der Waals surface area contributed by atoms with Crippen LogP contribution in [0.1, 0.15) is 17.5 Å². The first-order chi connectivity index (χ1) is 9.13. The Morgan fingerprint density at radius 3 is 2.58 bits per heavy atom. The van der Waals surface area contributed by atoms with Crippen LogP contribution in [0.15, 0.2) is 24.3 Å². The molecule has 2 rings (SSSR count). The number of ether oxygens (including phenoxy) is 2. The van der Waals surface area contributed by atoms with Crippen LogP contribution in [-0.4, -0.2) is 43.8 Å². The van der Waals surface area contributed by atoms with Gasteiger partial charge < -0.3 is 9.47 Å². The third kappa shape index (κ3) is 3.33. The van der Waals surface area contributed by atoms with Crippen molar-refractivity contribution in [2.75, 3.05) is 20.8 Å². The van der Waals surface area contributed by atoms with E-state index in [0.717, 1.165) is 13.1 Å². The van der Waals surface area contributed by atoms with Crippen LogP contribution in [0.25, 0.3) is 0 Å². The molecule has 0 aromatic heterocycles. The van der Waals surface area contributed by atoms with Crippen LogP contribution in [0.4, 0.5) is 0 Å². The summed E-state index contributed by atoms with van der Waals surface area (Å²) in [6.45, 7) is 3.59. The zero-order valence-corrected chi connectivity index (χ0v) is 11.8. The van der Waals surface area contributed by atoms with Crippen molar-refractivity contribution in [3.8, 4) is 0 Å². The van der Waals surface area contributed by atoms with Gasteiger partial charge in [0.05, 0.1) is 13.2 Å². The van der Waals surface area contributed by atoms with Crippen molar-refractivity contribution in [1.29, 1.82) is 0 Å². The summed E-state index contributed by atoms with van der Waals surface area (Å²) >= 11 is 0. The maximum atomic E-state index is 11.8. The number of hydrogen-bond donors (Lipinski definition) is 0. The number of carbonyl (C=O) groups excluding carboxylic acids is 1. The lowest BCUT2D eigenvalue weighted by molar-refractivity contribution is -0.146. The average Bonchev–Trinajstić information content (AvgIpc) is 2.83. The third-order valence-corrected chi connectivity index (χ3v) is 3.68. The van der Waals surface area contributed by atoms with E-state index in [1.165, 1.54) is 18.2 Å². The van der Waals surface area contributed by atoms with Crippen molar-refractivity contribution in [3.05, 3.63) is 35.4 Å². The van der Waals surface area contributed by atoms with E-state index in [2.05, 4.69) is 36.1 Å². The topological polar surface area (TPSA) is 38.8 Å². The second kappa shape index (κ2) is 6.17.